The Morgan fingerprint density at radius 3 is 2.53 bits per heavy atom. The van der Waals surface area contributed by atoms with Gasteiger partial charge in [-0.25, -0.2) is 0 Å². The highest BCUT2D eigenvalue weighted by molar-refractivity contribution is 5.85. The van der Waals surface area contributed by atoms with Crippen molar-refractivity contribution in [2.45, 2.75) is 40.0 Å². The second-order valence-electron chi connectivity index (χ2n) is 6.36. The summed E-state index contributed by atoms with van der Waals surface area (Å²) in [5.74, 6) is 0.371. The zero-order valence-electron chi connectivity index (χ0n) is 12.4. The molecule has 1 rings (SSSR count). The van der Waals surface area contributed by atoms with E-state index in [2.05, 4.69) is 26.1 Å². The molecule has 0 spiro atoms. The molecule has 0 aromatic rings. The highest BCUT2D eigenvalue weighted by Gasteiger charge is 2.28. The van der Waals surface area contributed by atoms with Gasteiger partial charge in [-0.3, -0.25) is 9.59 Å². The lowest BCUT2D eigenvalue weighted by molar-refractivity contribution is -0.132. The fraction of sp³-hybridized carbons (Fsp3) is 0.857. The Morgan fingerprint density at radius 2 is 1.95 bits per heavy atom. The van der Waals surface area contributed by atoms with Crippen molar-refractivity contribution in [1.82, 2.24) is 10.2 Å². The number of hydrogen-bond donors (Lipinski definition) is 2. The average molecular weight is 269 g/mol. The van der Waals surface area contributed by atoms with Crippen molar-refractivity contribution < 1.29 is 9.59 Å². The maximum atomic E-state index is 12.0. The van der Waals surface area contributed by atoms with Gasteiger partial charge in [0.05, 0.1) is 13.1 Å². The molecular weight excluding hydrogens is 242 g/mol. The van der Waals surface area contributed by atoms with Gasteiger partial charge in [0, 0.05) is 13.1 Å². The Bertz CT molecular complexity index is 323. The number of nitrogens with two attached hydrogens (primary N) is 1. The molecule has 1 heterocycles. The molecule has 1 aliphatic rings. The first kappa shape index (κ1) is 16.0. The smallest absolute Gasteiger partial charge is 0.241 e. The van der Waals surface area contributed by atoms with Gasteiger partial charge in [0.25, 0.3) is 0 Å². The summed E-state index contributed by atoms with van der Waals surface area (Å²) < 4.78 is 0. The van der Waals surface area contributed by atoms with Crippen molar-refractivity contribution in [2.75, 3.05) is 26.2 Å². The maximum Gasteiger partial charge on any atom is 0.241 e. The van der Waals surface area contributed by atoms with E-state index < -0.39 is 0 Å². The van der Waals surface area contributed by atoms with Gasteiger partial charge in [0.1, 0.15) is 0 Å². The normalized spacial score (nSPS) is 20.8. The molecule has 1 aliphatic heterocycles. The van der Waals surface area contributed by atoms with Crippen molar-refractivity contribution in [1.29, 1.82) is 0 Å². The second-order valence-corrected chi connectivity index (χ2v) is 6.36. The lowest BCUT2D eigenvalue weighted by Gasteiger charge is -2.29. The van der Waals surface area contributed by atoms with Crippen molar-refractivity contribution >= 4 is 11.8 Å². The number of amides is 2. The van der Waals surface area contributed by atoms with Crippen molar-refractivity contribution in [3.05, 3.63) is 0 Å². The Labute approximate surface area is 115 Å². The summed E-state index contributed by atoms with van der Waals surface area (Å²) in [5, 5.41) is 2.54. The molecule has 5 nitrogen and oxygen atoms in total. The molecule has 19 heavy (non-hydrogen) atoms. The van der Waals surface area contributed by atoms with Gasteiger partial charge in [0.15, 0.2) is 0 Å². The molecule has 0 aromatic heterocycles. The number of likely N-dealkylation sites (tertiary alicyclic amines) is 1. The van der Waals surface area contributed by atoms with Gasteiger partial charge >= 0.3 is 0 Å². The molecule has 0 aromatic carbocycles. The minimum atomic E-state index is -0.282. The summed E-state index contributed by atoms with van der Waals surface area (Å²) in [6.45, 7) is 8.36. The van der Waals surface area contributed by atoms with Crippen LogP contribution in [0.5, 0.6) is 0 Å². The number of nitrogens with one attached hydrogen (secondary N) is 1. The lowest BCUT2D eigenvalue weighted by Crippen LogP contribution is -2.42. The fourth-order valence-electron chi connectivity index (χ4n) is 2.57. The van der Waals surface area contributed by atoms with Gasteiger partial charge in [-0.05, 0) is 30.6 Å². The molecule has 1 saturated heterocycles. The van der Waals surface area contributed by atoms with Crippen LogP contribution in [0, 0.1) is 11.3 Å². The first-order chi connectivity index (χ1) is 8.84. The SMILES string of the molecule is CC(C)(C)C1CCCN(C(=O)CNC(=O)CN)CC1. The third kappa shape index (κ3) is 5.19. The van der Waals surface area contributed by atoms with Crippen molar-refractivity contribution in [3.8, 4) is 0 Å². The molecule has 1 unspecified atom stereocenters. The molecule has 3 N–H and O–H groups in total. The fourth-order valence-corrected chi connectivity index (χ4v) is 2.57. The van der Waals surface area contributed by atoms with Crippen molar-refractivity contribution in [3.63, 3.8) is 0 Å². The van der Waals surface area contributed by atoms with E-state index >= 15 is 0 Å². The maximum absolute atomic E-state index is 12.0. The van der Waals surface area contributed by atoms with Crippen LogP contribution < -0.4 is 11.1 Å². The Kier molecular flexibility index (Phi) is 5.79. The van der Waals surface area contributed by atoms with Crippen molar-refractivity contribution in [2.24, 2.45) is 17.1 Å². The number of carbonyl (C=O) groups excluding carboxylic acids is 2. The molecule has 0 saturated carbocycles. The molecule has 0 bridgehead atoms. The van der Waals surface area contributed by atoms with E-state index in [1.807, 2.05) is 4.90 Å². The van der Waals surface area contributed by atoms with Crippen LogP contribution in [0.4, 0.5) is 0 Å². The third-order valence-electron chi connectivity index (χ3n) is 3.93. The zero-order valence-corrected chi connectivity index (χ0v) is 12.4. The molecule has 2 amide bonds. The minimum Gasteiger partial charge on any atom is -0.346 e. The van der Waals surface area contributed by atoms with Crippen LogP contribution >= 0.6 is 0 Å². The van der Waals surface area contributed by atoms with E-state index in [-0.39, 0.29) is 24.9 Å². The van der Waals surface area contributed by atoms with E-state index in [4.69, 9.17) is 5.73 Å². The summed E-state index contributed by atoms with van der Waals surface area (Å²) in [6.07, 6.45) is 3.25. The third-order valence-corrected chi connectivity index (χ3v) is 3.93. The average Bonchev–Trinajstić information content (AvgIpc) is 2.60. The quantitative estimate of drug-likeness (QED) is 0.793. The van der Waals surface area contributed by atoms with Crippen LogP contribution in [-0.4, -0.2) is 42.9 Å². The van der Waals surface area contributed by atoms with E-state index in [0.717, 1.165) is 25.9 Å². The predicted octanol–water partition coefficient (Wildman–Crippen LogP) is 0.736. The minimum absolute atomic E-state index is 0.00337. The van der Waals surface area contributed by atoms with Crippen LogP contribution in [0.2, 0.25) is 0 Å². The standard InChI is InChI=1S/C14H27N3O2/c1-14(2,3)11-5-4-7-17(8-6-11)13(19)10-16-12(18)9-15/h11H,4-10,15H2,1-3H3,(H,16,18). The van der Waals surface area contributed by atoms with Gasteiger partial charge in [-0.15, -0.1) is 0 Å². The molecule has 1 fully saturated rings. The van der Waals surface area contributed by atoms with Gasteiger partial charge in [-0.2, -0.15) is 0 Å². The second kappa shape index (κ2) is 6.89. The molecule has 110 valence electrons. The predicted molar refractivity (Wildman–Crippen MR) is 75.4 cm³/mol. The van der Waals surface area contributed by atoms with Crippen LogP contribution in [0.15, 0.2) is 0 Å². The number of hydrogen-bond acceptors (Lipinski definition) is 3. The first-order valence-corrected chi connectivity index (χ1v) is 7.09. The first-order valence-electron chi connectivity index (χ1n) is 7.09. The Balaban J connectivity index is 2.44. The number of nitrogens with zero attached hydrogens (tertiary/aromatic N) is 1. The largest absolute Gasteiger partial charge is 0.346 e. The Hall–Kier alpha value is -1.10. The molecule has 1 atom stereocenters. The number of carbonyl (C=O) groups is 2. The summed E-state index contributed by atoms with van der Waals surface area (Å²) in [7, 11) is 0. The zero-order chi connectivity index (χ0) is 14.5. The lowest BCUT2D eigenvalue weighted by atomic mass is 9.77. The molecule has 0 aliphatic carbocycles. The molecule has 0 radical (unpaired) electrons. The summed E-state index contributed by atoms with van der Waals surface area (Å²) in [4.78, 5) is 24.9. The van der Waals surface area contributed by atoms with E-state index in [1.54, 1.807) is 0 Å². The van der Waals surface area contributed by atoms with Crippen LogP contribution in [0.3, 0.4) is 0 Å². The highest BCUT2D eigenvalue weighted by Crippen LogP contribution is 2.34. The summed E-state index contributed by atoms with van der Waals surface area (Å²) >= 11 is 0. The van der Waals surface area contributed by atoms with Crippen LogP contribution in [0.1, 0.15) is 40.0 Å². The van der Waals surface area contributed by atoms with E-state index in [1.165, 1.54) is 6.42 Å². The topological polar surface area (TPSA) is 75.4 Å². The molecule has 5 heteroatoms. The van der Waals surface area contributed by atoms with Gasteiger partial charge in [-0.1, -0.05) is 20.8 Å². The van der Waals surface area contributed by atoms with Crippen LogP contribution in [-0.2, 0) is 9.59 Å². The molecular formula is C14H27N3O2. The summed E-state index contributed by atoms with van der Waals surface area (Å²) in [6, 6.07) is 0. The monoisotopic (exact) mass is 269 g/mol. The highest BCUT2D eigenvalue weighted by atomic mass is 16.2. The summed E-state index contributed by atoms with van der Waals surface area (Å²) in [5.41, 5.74) is 5.49. The Morgan fingerprint density at radius 1 is 1.26 bits per heavy atom. The van der Waals surface area contributed by atoms with E-state index in [9.17, 15) is 9.59 Å². The van der Waals surface area contributed by atoms with E-state index in [0.29, 0.717) is 11.3 Å². The van der Waals surface area contributed by atoms with Gasteiger partial charge in [0.2, 0.25) is 11.8 Å². The number of rotatable bonds is 3. The van der Waals surface area contributed by atoms with Crippen LogP contribution in [0.25, 0.3) is 0 Å². The van der Waals surface area contributed by atoms with Gasteiger partial charge < -0.3 is 16.0 Å².